The topological polar surface area (TPSA) is 162 Å². The van der Waals surface area contributed by atoms with Crippen LogP contribution >= 0.6 is 19.3 Å². The van der Waals surface area contributed by atoms with E-state index in [1.165, 1.54) is 6.33 Å². The van der Waals surface area contributed by atoms with Crippen molar-refractivity contribution in [2.45, 2.75) is 70.9 Å². The number of anilines is 1. The molecule has 36 heavy (non-hydrogen) atoms. The maximum Gasteiger partial charge on any atom is 0.406 e. The number of nitrogens with two attached hydrogens (primary N) is 1. The second-order valence-electron chi connectivity index (χ2n) is 10.0. The predicted molar refractivity (Wildman–Crippen MR) is 131 cm³/mol. The third-order valence-corrected chi connectivity index (χ3v) is 7.89. The maximum atomic E-state index is 13.4. The molecule has 2 aromatic rings. The normalized spacial score (nSPS) is 31.2. The van der Waals surface area contributed by atoms with Crippen LogP contribution < -0.4 is 15.6 Å². The van der Waals surface area contributed by atoms with Gasteiger partial charge in [0.05, 0.1) is 25.0 Å². The van der Waals surface area contributed by atoms with Crippen LogP contribution in [0.5, 0.6) is 5.88 Å². The van der Waals surface area contributed by atoms with Gasteiger partial charge in [-0.1, -0.05) is 0 Å². The van der Waals surface area contributed by atoms with E-state index in [0.29, 0.717) is 17.8 Å². The Kier molecular flexibility index (Phi) is 7.28. The molecule has 200 valence electrons. The van der Waals surface area contributed by atoms with E-state index in [-0.39, 0.29) is 31.0 Å². The smallest absolute Gasteiger partial charge is 0.406 e. The van der Waals surface area contributed by atoms with Crippen molar-refractivity contribution in [2.24, 2.45) is 5.41 Å². The number of halogens is 1. The highest BCUT2D eigenvalue weighted by molar-refractivity contribution is 7.51. The van der Waals surface area contributed by atoms with Gasteiger partial charge in [0.2, 0.25) is 11.8 Å². The molecule has 0 aliphatic carbocycles. The zero-order valence-corrected chi connectivity index (χ0v) is 22.7. The lowest BCUT2D eigenvalue weighted by Crippen LogP contribution is -2.46. The largest absolute Gasteiger partial charge is 0.476 e. The van der Waals surface area contributed by atoms with E-state index in [1.54, 1.807) is 39.2 Å². The molecule has 0 radical (unpaired) electrons. The zero-order valence-electron chi connectivity index (χ0n) is 21.1. The Hall–Kier alpha value is -2.02. The molecule has 4 heterocycles. The first-order valence-electron chi connectivity index (χ1n) is 11.6. The number of fused-ring (bicyclic) bond motifs is 2. The summed E-state index contributed by atoms with van der Waals surface area (Å²) in [6.07, 6.45) is -0.709. The molecule has 13 nitrogen and oxygen atoms in total. The highest BCUT2D eigenvalue weighted by Gasteiger charge is 2.60. The third kappa shape index (κ3) is 5.18. The van der Waals surface area contributed by atoms with Crippen LogP contribution in [0.1, 0.15) is 47.8 Å². The van der Waals surface area contributed by atoms with Crippen molar-refractivity contribution in [2.75, 3.05) is 25.6 Å². The fraction of sp³-hybridized carbons (Fsp3) is 0.714. The van der Waals surface area contributed by atoms with E-state index in [0.717, 1.165) is 0 Å². The van der Waals surface area contributed by atoms with Crippen LogP contribution in [0.4, 0.5) is 5.95 Å². The SMILES string of the molecule is CCOc1nc(N)nc2c1ncn2[C@@H]1O[C@@H]2CO[P@](=O)(N[C@@H](C)COC(=O)C(C)(C)C)O[C@H]2[C@@]1(C)Cl. The maximum absolute atomic E-state index is 13.4. The first-order chi connectivity index (χ1) is 16.7. The summed E-state index contributed by atoms with van der Waals surface area (Å²) in [5, 5.41) is 2.81. The Balaban J connectivity index is 1.51. The van der Waals surface area contributed by atoms with Gasteiger partial charge in [0, 0.05) is 6.04 Å². The van der Waals surface area contributed by atoms with Gasteiger partial charge in [0.1, 0.15) is 23.7 Å². The Morgan fingerprint density at radius 2 is 2.17 bits per heavy atom. The Labute approximate surface area is 213 Å². The summed E-state index contributed by atoms with van der Waals surface area (Å²) < 4.78 is 43.5. The van der Waals surface area contributed by atoms with Gasteiger partial charge in [-0.25, -0.2) is 14.6 Å². The minimum atomic E-state index is -3.79. The first kappa shape index (κ1) is 27.0. The van der Waals surface area contributed by atoms with Crippen LogP contribution in [0.25, 0.3) is 11.2 Å². The molecule has 4 rings (SSSR count). The minimum Gasteiger partial charge on any atom is -0.476 e. The monoisotopic (exact) mass is 546 g/mol. The number of ether oxygens (including phenoxy) is 3. The van der Waals surface area contributed by atoms with Crippen molar-refractivity contribution in [1.82, 2.24) is 24.6 Å². The van der Waals surface area contributed by atoms with Gasteiger partial charge in [-0.15, -0.1) is 11.6 Å². The number of nitrogen functional groups attached to an aromatic ring is 1. The van der Waals surface area contributed by atoms with Crippen molar-refractivity contribution in [1.29, 1.82) is 0 Å². The van der Waals surface area contributed by atoms with Crippen LogP contribution in [0.15, 0.2) is 6.33 Å². The van der Waals surface area contributed by atoms with E-state index in [2.05, 4.69) is 20.0 Å². The fourth-order valence-electron chi connectivity index (χ4n) is 3.97. The molecule has 2 aromatic heterocycles. The highest BCUT2D eigenvalue weighted by Crippen LogP contribution is 2.57. The van der Waals surface area contributed by atoms with Gasteiger partial charge in [-0.3, -0.25) is 18.4 Å². The molecule has 2 aliphatic heterocycles. The van der Waals surface area contributed by atoms with Crippen molar-refractivity contribution in [3.63, 3.8) is 0 Å². The lowest BCUT2D eigenvalue weighted by Gasteiger charge is -2.36. The number of imidazole rings is 1. The average Bonchev–Trinajstić information content (AvgIpc) is 3.29. The third-order valence-electron chi connectivity index (χ3n) is 5.74. The summed E-state index contributed by atoms with van der Waals surface area (Å²) >= 11 is 6.98. The fourth-order valence-corrected chi connectivity index (χ4v) is 6.18. The Bertz CT molecular complexity index is 1190. The Morgan fingerprint density at radius 3 is 2.83 bits per heavy atom. The molecule has 3 N–H and O–H groups in total. The standard InChI is InChI=1S/C21H32ClN6O7P/c1-7-31-16-13-15(25-19(23)26-16)28(10-24-13)17-21(6,22)14-12(34-17)9-33-36(30,35-14)27-11(2)8-32-18(29)20(3,4)5/h10-12,14,17H,7-9H2,1-6H3,(H,27,30)(H2,23,25,26)/t11-,12+,14+,17+,21+,36+/m0/s1. The van der Waals surface area contributed by atoms with Crippen molar-refractivity contribution >= 4 is 42.4 Å². The number of carbonyl (C=O) groups excluding carboxylic acids is 1. The lowest BCUT2D eigenvalue weighted by atomic mass is 9.97. The molecule has 0 saturated carbocycles. The van der Waals surface area contributed by atoms with E-state index < -0.39 is 42.5 Å². The Morgan fingerprint density at radius 1 is 1.44 bits per heavy atom. The van der Waals surface area contributed by atoms with Crippen LogP contribution in [-0.2, 0) is 27.9 Å². The van der Waals surface area contributed by atoms with Crippen molar-refractivity contribution in [3.05, 3.63) is 6.33 Å². The van der Waals surface area contributed by atoms with E-state index in [1.807, 2.05) is 6.92 Å². The minimum absolute atomic E-state index is 0.00817. The summed E-state index contributed by atoms with van der Waals surface area (Å²) in [5.74, 6) is -0.112. The number of aromatic nitrogens is 4. The van der Waals surface area contributed by atoms with Crippen molar-refractivity contribution in [3.8, 4) is 5.88 Å². The van der Waals surface area contributed by atoms with Gasteiger partial charge in [-0.05, 0) is 41.5 Å². The highest BCUT2D eigenvalue weighted by atomic mass is 35.5. The molecule has 0 unspecified atom stereocenters. The number of rotatable bonds is 7. The molecule has 0 bridgehead atoms. The van der Waals surface area contributed by atoms with Gasteiger partial charge < -0.3 is 19.9 Å². The number of nitrogens with zero attached hydrogens (tertiary/aromatic N) is 4. The summed E-state index contributed by atoms with van der Waals surface area (Å²) in [7, 11) is -3.79. The molecule has 0 aromatic carbocycles. The number of hydrogen-bond donors (Lipinski definition) is 2. The van der Waals surface area contributed by atoms with Crippen LogP contribution in [0.2, 0.25) is 0 Å². The van der Waals surface area contributed by atoms with Gasteiger partial charge in [0.15, 0.2) is 17.4 Å². The van der Waals surface area contributed by atoms with Gasteiger partial charge in [0.25, 0.3) is 0 Å². The van der Waals surface area contributed by atoms with E-state index in [4.69, 9.17) is 40.6 Å². The molecule has 0 amide bonds. The van der Waals surface area contributed by atoms with Crippen LogP contribution in [0, 0.1) is 5.41 Å². The molecule has 15 heteroatoms. The van der Waals surface area contributed by atoms with Crippen LogP contribution in [-0.4, -0.2) is 68.4 Å². The van der Waals surface area contributed by atoms with E-state index >= 15 is 0 Å². The molecule has 6 atom stereocenters. The lowest BCUT2D eigenvalue weighted by molar-refractivity contribution is -0.153. The van der Waals surface area contributed by atoms with E-state index in [9.17, 15) is 9.36 Å². The second kappa shape index (κ2) is 9.70. The average molecular weight is 547 g/mol. The summed E-state index contributed by atoms with van der Waals surface area (Å²) in [6.45, 7) is 10.8. The van der Waals surface area contributed by atoms with Crippen molar-refractivity contribution < 1.29 is 32.6 Å². The molecule has 2 saturated heterocycles. The quantitative estimate of drug-likeness (QED) is 0.297. The number of nitrogens with one attached hydrogen (secondary N) is 1. The number of hydrogen-bond acceptors (Lipinski definition) is 11. The molecule has 0 spiro atoms. The van der Waals surface area contributed by atoms with Crippen LogP contribution in [0.3, 0.4) is 0 Å². The van der Waals surface area contributed by atoms with Gasteiger partial charge >= 0.3 is 13.7 Å². The zero-order chi connectivity index (χ0) is 26.5. The second-order valence-corrected chi connectivity index (χ2v) is 12.6. The first-order valence-corrected chi connectivity index (χ1v) is 13.5. The molecular weight excluding hydrogens is 515 g/mol. The molecule has 2 aliphatic rings. The summed E-state index contributed by atoms with van der Waals surface area (Å²) in [4.78, 5) is 23.6. The molecular formula is C21H32ClN6O7P. The van der Waals surface area contributed by atoms with Gasteiger partial charge in [-0.2, -0.15) is 9.97 Å². The number of carbonyl (C=O) groups is 1. The summed E-state index contributed by atoms with van der Waals surface area (Å²) in [5.41, 5.74) is 6.00. The molecule has 2 fully saturated rings. The summed E-state index contributed by atoms with van der Waals surface area (Å²) in [6, 6.07) is -0.507. The predicted octanol–water partition coefficient (Wildman–Crippen LogP) is 2.79. The number of alkyl halides is 1. The number of esters is 1.